The van der Waals surface area contributed by atoms with Crippen LogP contribution in [0.1, 0.15) is 44.2 Å². The highest BCUT2D eigenvalue weighted by Gasteiger charge is 2.49. The molecule has 0 bridgehead atoms. The number of hydrogen-bond donors (Lipinski definition) is 0. The number of nitrogens with zero attached hydrogens (tertiary/aromatic N) is 1. The van der Waals surface area contributed by atoms with Gasteiger partial charge in [0.15, 0.2) is 0 Å². The molecule has 2 aromatic rings. The minimum Gasteiger partial charge on any atom is -0.462 e. The normalized spacial score (nSPS) is 30.7. The summed E-state index contributed by atoms with van der Waals surface area (Å²) in [4.78, 5) is 16.5. The number of benzene rings is 1. The van der Waals surface area contributed by atoms with Gasteiger partial charge in [-0.1, -0.05) is 48.2 Å². The molecule has 5 heteroatoms. The molecular formula is C25H25Cl2NO2. The summed E-state index contributed by atoms with van der Waals surface area (Å²) in [6, 6.07) is 9.50. The third kappa shape index (κ3) is 3.90. The van der Waals surface area contributed by atoms with Crippen molar-refractivity contribution in [1.82, 2.24) is 4.98 Å². The van der Waals surface area contributed by atoms with E-state index in [1.807, 2.05) is 24.4 Å². The van der Waals surface area contributed by atoms with Crippen molar-refractivity contribution in [3.05, 3.63) is 58.3 Å². The second-order valence-corrected chi connectivity index (χ2v) is 9.71. The maximum absolute atomic E-state index is 11.9. The molecule has 3 nitrogen and oxygen atoms in total. The van der Waals surface area contributed by atoms with Gasteiger partial charge in [-0.05, 0) is 67.4 Å². The van der Waals surface area contributed by atoms with Crippen LogP contribution in [0, 0.1) is 23.7 Å². The monoisotopic (exact) mass is 441 g/mol. The zero-order valence-corrected chi connectivity index (χ0v) is 18.3. The van der Waals surface area contributed by atoms with E-state index in [9.17, 15) is 4.79 Å². The Labute approximate surface area is 187 Å². The molecule has 1 aliphatic heterocycles. The highest BCUT2D eigenvalue weighted by molar-refractivity contribution is 6.35. The lowest BCUT2D eigenvalue weighted by molar-refractivity contribution is -0.143. The summed E-state index contributed by atoms with van der Waals surface area (Å²) in [6.07, 6.45) is 13.0. The number of pyridine rings is 1. The van der Waals surface area contributed by atoms with E-state index >= 15 is 0 Å². The predicted molar refractivity (Wildman–Crippen MR) is 120 cm³/mol. The van der Waals surface area contributed by atoms with E-state index in [1.165, 1.54) is 25.7 Å². The molecule has 1 aromatic carbocycles. The lowest BCUT2D eigenvalue weighted by Gasteiger charge is -2.45. The van der Waals surface area contributed by atoms with Gasteiger partial charge in [0, 0.05) is 33.3 Å². The van der Waals surface area contributed by atoms with Crippen LogP contribution in [0.15, 0.2) is 42.6 Å². The maximum Gasteiger partial charge on any atom is 0.306 e. The molecule has 0 unspecified atom stereocenters. The summed E-state index contributed by atoms with van der Waals surface area (Å²) in [5, 5.41) is 1.32. The fourth-order valence-electron chi connectivity index (χ4n) is 5.80. The number of esters is 1. The summed E-state index contributed by atoms with van der Waals surface area (Å²) in [7, 11) is 0. The number of ether oxygens (including phenoxy) is 1. The van der Waals surface area contributed by atoms with Crippen LogP contribution in [0.3, 0.4) is 0 Å². The lowest BCUT2D eigenvalue weighted by Crippen LogP contribution is -2.42. The first-order valence-electron chi connectivity index (χ1n) is 10.9. The van der Waals surface area contributed by atoms with Gasteiger partial charge in [-0.15, -0.1) is 0 Å². The second kappa shape index (κ2) is 8.36. The molecule has 1 aromatic heterocycles. The van der Waals surface area contributed by atoms with Crippen molar-refractivity contribution < 1.29 is 9.53 Å². The van der Waals surface area contributed by atoms with Crippen LogP contribution in [-0.4, -0.2) is 17.1 Å². The highest BCUT2D eigenvalue weighted by atomic mass is 35.5. The van der Waals surface area contributed by atoms with Crippen molar-refractivity contribution >= 4 is 35.2 Å². The van der Waals surface area contributed by atoms with Gasteiger partial charge in [-0.2, -0.15) is 0 Å². The van der Waals surface area contributed by atoms with Crippen LogP contribution in [-0.2, 0) is 9.53 Å². The molecule has 2 aliphatic carbocycles. The Hall–Kier alpha value is -1.84. The van der Waals surface area contributed by atoms with Gasteiger partial charge in [0.25, 0.3) is 0 Å². The first-order chi connectivity index (χ1) is 14.6. The maximum atomic E-state index is 11.9. The Morgan fingerprint density at radius 2 is 1.87 bits per heavy atom. The molecule has 2 heterocycles. The van der Waals surface area contributed by atoms with Crippen LogP contribution < -0.4 is 0 Å². The summed E-state index contributed by atoms with van der Waals surface area (Å²) >= 11 is 12.4. The molecule has 5 atom stereocenters. The van der Waals surface area contributed by atoms with Crippen LogP contribution in [0.4, 0.5) is 0 Å². The van der Waals surface area contributed by atoms with Gasteiger partial charge in [-0.25, -0.2) is 0 Å². The zero-order chi connectivity index (χ0) is 20.7. The summed E-state index contributed by atoms with van der Waals surface area (Å²) < 4.78 is 5.67. The Balaban J connectivity index is 1.34. The molecule has 3 fully saturated rings. The van der Waals surface area contributed by atoms with Crippen molar-refractivity contribution in [3.63, 3.8) is 0 Å². The summed E-state index contributed by atoms with van der Waals surface area (Å²) in [5.41, 5.74) is 2.76. The SMILES string of the molecule is O=C1C[C@H]2[C@@H]3CCCC[C@H]3[C@H](/C=C/c3ccc(-c4cc(Cl)ccc4Cl)cn3)C[C@H]2O1. The summed E-state index contributed by atoms with van der Waals surface area (Å²) in [6.45, 7) is 0. The molecule has 0 N–H and O–H groups in total. The molecule has 30 heavy (non-hydrogen) atoms. The number of hydrogen-bond acceptors (Lipinski definition) is 3. The summed E-state index contributed by atoms with van der Waals surface area (Å²) in [5.74, 6) is 2.17. The standard InChI is InChI=1S/C25H25Cl2NO2/c26-17-7-10-23(27)21(12-17)16-6-9-18(28-14-16)8-5-15-11-24-22(13-25(29)30-24)20-4-2-1-3-19(15)20/h5-10,12,14-15,19-20,22,24H,1-4,11,13H2/b8-5+/t15-,19+,20-,22+,24-/m1/s1. The topological polar surface area (TPSA) is 39.2 Å². The molecule has 3 aliphatic rings. The van der Waals surface area contributed by atoms with Crippen LogP contribution in [0.5, 0.6) is 0 Å². The first-order valence-corrected chi connectivity index (χ1v) is 11.6. The van der Waals surface area contributed by atoms with Crippen molar-refractivity contribution in [1.29, 1.82) is 0 Å². The molecule has 5 rings (SSSR count). The third-order valence-electron chi connectivity index (χ3n) is 7.18. The number of allylic oxidation sites excluding steroid dienone is 1. The number of carbonyl (C=O) groups is 1. The highest BCUT2D eigenvalue weighted by Crippen LogP contribution is 2.51. The molecule has 0 spiro atoms. The molecule has 0 amide bonds. The molecule has 1 saturated heterocycles. The quantitative estimate of drug-likeness (QED) is 0.490. The van der Waals surface area contributed by atoms with Gasteiger partial charge >= 0.3 is 5.97 Å². The van der Waals surface area contributed by atoms with E-state index in [1.54, 1.807) is 12.1 Å². The lowest BCUT2D eigenvalue weighted by atomic mass is 9.60. The Morgan fingerprint density at radius 1 is 1.03 bits per heavy atom. The van der Waals surface area contributed by atoms with E-state index in [0.717, 1.165) is 23.2 Å². The smallest absolute Gasteiger partial charge is 0.306 e. The third-order valence-corrected chi connectivity index (χ3v) is 7.75. The molecule has 0 radical (unpaired) electrons. The van der Waals surface area contributed by atoms with Gasteiger partial charge < -0.3 is 4.74 Å². The fraction of sp³-hybridized carbons (Fsp3) is 0.440. The number of fused-ring (bicyclic) bond motifs is 3. The van der Waals surface area contributed by atoms with Crippen LogP contribution in [0.25, 0.3) is 17.2 Å². The van der Waals surface area contributed by atoms with E-state index < -0.39 is 0 Å². The minimum atomic E-state index is -0.00381. The van der Waals surface area contributed by atoms with Crippen molar-refractivity contribution in [2.75, 3.05) is 0 Å². The Kier molecular flexibility index (Phi) is 5.59. The van der Waals surface area contributed by atoms with Crippen molar-refractivity contribution in [2.45, 2.75) is 44.6 Å². The average Bonchev–Trinajstić information content (AvgIpc) is 3.14. The van der Waals surface area contributed by atoms with Crippen molar-refractivity contribution in [3.8, 4) is 11.1 Å². The number of carbonyl (C=O) groups excluding carboxylic acids is 1. The largest absolute Gasteiger partial charge is 0.462 e. The molecular weight excluding hydrogens is 417 g/mol. The van der Waals surface area contributed by atoms with Gasteiger partial charge in [0.1, 0.15) is 6.10 Å². The van der Waals surface area contributed by atoms with Gasteiger partial charge in [0.2, 0.25) is 0 Å². The second-order valence-electron chi connectivity index (χ2n) is 8.86. The minimum absolute atomic E-state index is 0.00381. The number of aromatic nitrogens is 1. The Morgan fingerprint density at radius 3 is 2.67 bits per heavy atom. The Bertz CT molecular complexity index is 972. The van der Waals surface area contributed by atoms with E-state index in [4.69, 9.17) is 27.9 Å². The molecule has 156 valence electrons. The van der Waals surface area contributed by atoms with Gasteiger partial charge in [-0.3, -0.25) is 9.78 Å². The van der Waals surface area contributed by atoms with Crippen LogP contribution in [0.2, 0.25) is 10.0 Å². The number of halogens is 2. The van der Waals surface area contributed by atoms with E-state index in [-0.39, 0.29) is 12.1 Å². The van der Waals surface area contributed by atoms with Gasteiger partial charge in [0.05, 0.1) is 12.1 Å². The van der Waals surface area contributed by atoms with Crippen molar-refractivity contribution in [2.24, 2.45) is 23.7 Å². The predicted octanol–water partition coefficient (Wildman–Crippen LogP) is 6.83. The van der Waals surface area contributed by atoms with E-state index in [0.29, 0.717) is 40.1 Å². The van der Waals surface area contributed by atoms with E-state index in [2.05, 4.69) is 17.1 Å². The zero-order valence-electron chi connectivity index (χ0n) is 16.8. The first kappa shape index (κ1) is 20.1. The number of rotatable bonds is 3. The fourth-order valence-corrected chi connectivity index (χ4v) is 6.20. The average molecular weight is 442 g/mol. The molecule has 2 saturated carbocycles. The van der Waals surface area contributed by atoms with Crippen LogP contribution >= 0.6 is 23.2 Å².